The minimum atomic E-state index is -1.66. The summed E-state index contributed by atoms with van der Waals surface area (Å²) in [7, 11) is 2.57. The van der Waals surface area contributed by atoms with E-state index in [2.05, 4.69) is 30.4 Å². The minimum Gasteiger partial charge on any atom is -0.481 e. The number of nitrogens with one attached hydrogen (secondary N) is 3. The van der Waals surface area contributed by atoms with Crippen LogP contribution >= 0.6 is 0 Å². The normalized spacial score (nSPS) is 16.9. The Balaban J connectivity index is 1.73. The van der Waals surface area contributed by atoms with E-state index in [1.165, 1.54) is 30.8 Å². The number of ether oxygens (including phenoxy) is 2. The number of rotatable bonds is 5. The predicted molar refractivity (Wildman–Crippen MR) is 110 cm³/mol. The molecule has 11 nitrogen and oxygen atoms in total. The van der Waals surface area contributed by atoms with Crippen LogP contribution < -0.4 is 20.9 Å². The van der Waals surface area contributed by atoms with Gasteiger partial charge in [0, 0.05) is 11.6 Å². The summed E-state index contributed by atoms with van der Waals surface area (Å²) in [6.07, 6.45) is -0.879. The molecule has 4 rings (SSSR count). The molecule has 0 spiro atoms. The molecule has 0 aliphatic carbocycles. The largest absolute Gasteiger partial charge is 0.481 e. The van der Waals surface area contributed by atoms with Crippen molar-refractivity contribution in [3.8, 4) is 17.4 Å². The molecule has 1 aromatic carbocycles. The Morgan fingerprint density at radius 1 is 1.28 bits per heavy atom. The van der Waals surface area contributed by atoms with Crippen molar-refractivity contribution in [2.24, 2.45) is 0 Å². The van der Waals surface area contributed by atoms with Crippen molar-refractivity contribution in [2.75, 3.05) is 19.5 Å². The zero-order valence-corrected chi connectivity index (χ0v) is 17.4. The zero-order valence-electron chi connectivity index (χ0n) is 17.4. The molecule has 3 N–H and O–H groups in total. The first kappa shape index (κ1) is 21.0. The smallest absolute Gasteiger partial charge is 0.407 e. The summed E-state index contributed by atoms with van der Waals surface area (Å²) in [6, 6.07) is 7.77. The molecule has 0 bridgehead atoms. The fourth-order valence-corrected chi connectivity index (χ4v) is 3.45. The molecule has 0 fully saturated rings. The van der Waals surface area contributed by atoms with Gasteiger partial charge in [0.05, 0.1) is 26.3 Å². The SMILES string of the molecule is COC(=O)NC1(C)C(=O)Nc2nc(-c3cc(OC)n(Cc4ccccc4F)n3)[nH]c(=O)c21. The fraction of sp³-hybridized carbons (Fsp3) is 0.250. The quantitative estimate of drug-likeness (QED) is 0.542. The van der Waals surface area contributed by atoms with Gasteiger partial charge in [-0.3, -0.25) is 9.59 Å². The standard InChI is InChI=1S/C20H19FN6O5/c1-20(25-19(30)32-3)14-16(24-18(20)29)22-15(23-17(14)28)12-8-13(31-2)27(26-12)9-10-6-4-5-7-11(10)21/h4-8H,9H2,1-3H3,(H,25,30)(H2,22,23,24,28,29). The lowest BCUT2D eigenvalue weighted by Crippen LogP contribution is -2.50. The average Bonchev–Trinajstić information content (AvgIpc) is 3.28. The van der Waals surface area contributed by atoms with Gasteiger partial charge in [0.1, 0.15) is 17.3 Å². The minimum absolute atomic E-state index is 0.0183. The number of halogens is 1. The molecule has 166 valence electrons. The number of alkyl carbamates (subject to hydrolysis) is 1. The first-order chi connectivity index (χ1) is 15.3. The number of hydrogen-bond donors (Lipinski definition) is 3. The molecule has 2 amide bonds. The Labute approximate surface area is 180 Å². The van der Waals surface area contributed by atoms with E-state index in [1.54, 1.807) is 18.2 Å². The third kappa shape index (κ3) is 3.45. The third-order valence-electron chi connectivity index (χ3n) is 5.12. The highest BCUT2D eigenvalue weighted by Crippen LogP contribution is 2.33. The van der Waals surface area contributed by atoms with Crippen molar-refractivity contribution in [3.63, 3.8) is 0 Å². The summed E-state index contributed by atoms with van der Waals surface area (Å²) >= 11 is 0. The van der Waals surface area contributed by atoms with Crippen molar-refractivity contribution >= 4 is 17.8 Å². The van der Waals surface area contributed by atoms with Crippen LogP contribution in [0.3, 0.4) is 0 Å². The predicted octanol–water partition coefficient (Wildman–Crippen LogP) is 1.35. The Kier molecular flexibility index (Phi) is 5.12. The second-order valence-corrected chi connectivity index (χ2v) is 7.15. The molecule has 1 unspecified atom stereocenters. The highest BCUT2D eigenvalue weighted by atomic mass is 19.1. The van der Waals surface area contributed by atoms with E-state index < -0.39 is 28.9 Å². The fourth-order valence-electron chi connectivity index (χ4n) is 3.45. The monoisotopic (exact) mass is 442 g/mol. The summed E-state index contributed by atoms with van der Waals surface area (Å²) < 4.78 is 25.3. The van der Waals surface area contributed by atoms with E-state index >= 15 is 0 Å². The number of benzene rings is 1. The van der Waals surface area contributed by atoms with E-state index in [0.29, 0.717) is 11.4 Å². The van der Waals surface area contributed by atoms with Crippen LogP contribution in [0.1, 0.15) is 18.1 Å². The maximum Gasteiger partial charge on any atom is 0.407 e. The van der Waals surface area contributed by atoms with E-state index in [1.807, 2.05) is 0 Å². The van der Waals surface area contributed by atoms with Crippen molar-refractivity contribution < 1.29 is 23.5 Å². The van der Waals surface area contributed by atoms with Gasteiger partial charge in [0.15, 0.2) is 11.4 Å². The summed E-state index contributed by atoms with van der Waals surface area (Å²) in [5, 5.41) is 9.21. The summed E-state index contributed by atoms with van der Waals surface area (Å²) in [6.45, 7) is 1.46. The van der Waals surface area contributed by atoms with Crippen molar-refractivity contribution in [3.05, 3.63) is 57.6 Å². The molecule has 3 aromatic rings. The van der Waals surface area contributed by atoms with Gasteiger partial charge >= 0.3 is 6.09 Å². The van der Waals surface area contributed by atoms with Gasteiger partial charge in [-0.2, -0.15) is 5.10 Å². The number of carbonyl (C=O) groups is 2. The van der Waals surface area contributed by atoms with E-state index in [4.69, 9.17) is 4.74 Å². The first-order valence-electron chi connectivity index (χ1n) is 9.45. The van der Waals surface area contributed by atoms with Crippen LogP contribution in [0.2, 0.25) is 0 Å². The lowest BCUT2D eigenvalue weighted by Gasteiger charge is -2.21. The van der Waals surface area contributed by atoms with Gasteiger partial charge in [0.25, 0.3) is 11.5 Å². The molecule has 0 saturated heterocycles. The highest BCUT2D eigenvalue weighted by molar-refractivity contribution is 6.06. The second kappa shape index (κ2) is 7.80. The zero-order chi connectivity index (χ0) is 23.0. The van der Waals surface area contributed by atoms with Gasteiger partial charge in [-0.15, -0.1) is 0 Å². The number of methoxy groups -OCH3 is 2. The van der Waals surface area contributed by atoms with E-state index in [9.17, 15) is 18.8 Å². The van der Waals surface area contributed by atoms with Crippen LogP contribution in [-0.2, 0) is 21.6 Å². The molecular weight excluding hydrogens is 423 g/mol. The molecule has 2 aromatic heterocycles. The lowest BCUT2D eigenvalue weighted by molar-refractivity contribution is -0.121. The van der Waals surface area contributed by atoms with E-state index in [0.717, 1.165) is 7.11 Å². The number of anilines is 1. The number of nitrogens with zero attached hydrogens (tertiary/aromatic N) is 3. The number of aromatic nitrogens is 4. The van der Waals surface area contributed by atoms with Gasteiger partial charge < -0.3 is 25.1 Å². The molecule has 1 aliphatic rings. The number of hydrogen-bond acceptors (Lipinski definition) is 7. The number of H-pyrrole nitrogens is 1. The Morgan fingerprint density at radius 3 is 2.72 bits per heavy atom. The molecular formula is C20H19FN6O5. The third-order valence-corrected chi connectivity index (χ3v) is 5.12. The summed E-state index contributed by atoms with van der Waals surface area (Å²) in [5.41, 5.74) is -1.74. The molecule has 0 radical (unpaired) electrons. The molecule has 3 heterocycles. The average molecular weight is 442 g/mol. The number of amides is 2. The molecule has 1 atom stereocenters. The van der Waals surface area contributed by atoms with Crippen LogP contribution in [0.4, 0.5) is 15.0 Å². The lowest BCUT2D eigenvalue weighted by atomic mass is 9.96. The topological polar surface area (TPSA) is 140 Å². The van der Waals surface area contributed by atoms with Crippen LogP contribution in [-0.4, -0.2) is 46.0 Å². The van der Waals surface area contributed by atoms with Gasteiger partial charge in [-0.05, 0) is 13.0 Å². The summed E-state index contributed by atoms with van der Waals surface area (Å²) in [4.78, 5) is 43.9. The molecule has 0 saturated carbocycles. The Morgan fingerprint density at radius 2 is 2.03 bits per heavy atom. The Hall–Kier alpha value is -4.22. The Bertz CT molecular complexity index is 1290. The van der Waals surface area contributed by atoms with Crippen molar-refractivity contribution in [2.45, 2.75) is 19.0 Å². The molecule has 32 heavy (non-hydrogen) atoms. The van der Waals surface area contributed by atoms with Gasteiger partial charge in [-0.1, -0.05) is 18.2 Å². The van der Waals surface area contributed by atoms with Gasteiger partial charge in [-0.25, -0.2) is 18.9 Å². The number of carbonyl (C=O) groups excluding carboxylic acids is 2. The molecule has 12 heteroatoms. The first-order valence-corrected chi connectivity index (χ1v) is 9.45. The number of fused-ring (bicyclic) bond motifs is 1. The van der Waals surface area contributed by atoms with Crippen LogP contribution in [0, 0.1) is 5.82 Å². The molecule has 1 aliphatic heterocycles. The van der Waals surface area contributed by atoms with Crippen molar-refractivity contribution in [1.82, 2.24) is 25.1 Å². The van der Waals surface area contributed by atoms with Crippen molar-refractivity contribution in [1.29, 1.82) is 0 Å². The highest BCUT2D eigenvalue weighted by Gasteiger charge is 2.48. The van der Waals surface area contributed by atoms with E-state index in [-0.39, 0.29) is 29.4 Å². The second-order valence-electron chi connectivity index (χ2n) is 7.15. The maximum atomic E-state index is 14.0. The van der Waals surface area contributed by atoms with Gasteiger partial charge in [0.2, 0.25) is 5.88 Å². The van der Waals surface area contributed by atoms with Crippen LogP contribution in [0.15, 0.2) is 35.1 Å². The van der Waals surface area contributed by atoms with Crippen LogP contribution in [0.5, 0.6) is 5.88 Å². The number of aromatic amines is 1. The maximum absolute atomic E-state index is 14.0. The van der Waals surface area contributed by atoms with Crippen LogP contribution in [0.25, 0.3) is 11.5 Å². The summed E-state index contributed by atoms with van der Waals surface area (Å²) in [5.74, 6) is -0.684.